The molecule has 0 saturated carbocycles. The molecule has 8 heteroatoms. The molecule has 7 nitrogen and oxygen atoms in total. The van der Waals surface area contributed by atoms with Crippen LogP contribution >= 0.6 is 0 Å². The Kier molecular flexibility index (Phi) is 8.56. The number of hydrogen-bond acceptors (Lipinski definition) is 4. The third-order valence-electron chi connectivity index (χ3n) is 3.12. The normalized spacial score (nSPS) is 13.4. The highest BCUT2D eigenvalue weighted by Gasteiger charge is 2.06. The number of nitrogens with one attached hydrogen (secondary N) is 3. The van der Waals surface area contributed by atoms with Crippen molar-refractivity contribution < 1.29 is 13.2 Å². The fraction of sp³-hybridized carbons (Fsp3) is 0.562. The molecule has 0 aliphatic carbocycles. The zero-order valence-electron chi connectivity index (χ0n) is 14.8. The van der Waals surface area contributed by atoms with E-state index >= 15 is 0 Å². The zero-order valence-corrected chi connectivity index (χ0v) is 15.6. The predicted molar refractivity (Wildman–Crippen MR) is 98.1 cm³/mol. The van der Waals surface area contributed by atoms with Crippen LogP contribution in [0.4, 0.5) is 0 Å². The van der Waals surface area contributed by atoms with Gasteiger partial charge in [-0.3, -0.25) is 4.99 Å². The summed E-state index contributed by atoms with van der Waals surface area (Å²) in [6.45, 7) is 5.64. The molecule has 0 spiro atoms. The third-order valence-corrected chi connectivity index (χ3v) is 3.85. The quantitative estimate of drug-likeness (QED) is 0.347. The molecule has 1 rings (SSSR count). The zero-order chi connectivity index (χ0) is 18.0. The average Bonchev–Trinajstić information content (AvgIpc) is 2.49. The van der Waals surface area contributed by atoms with Crippen molar-refractivity contribution in [2.24, 2.45) is 4.99 Å². The monoisotopic (exact) mass is 356 g/mol. The molecule has 1 unspecified atom stereocenters. The summed E-state index contributed by atoms with van der Waals surface area (Å²) in [4.78, 5) is 4.13. The first-order valence-electron chi connectivity index (χ1n) is 7.92. The van der Waals surface area contributed by atoms with Gasteiger partial charge in [-0.25, -0.2) is 13.1 Å². The Morgan fingerprint density at radius 1 is 1.29 bits per heavy atom. The van der Waals surface area contributed by atoms with E-state index < -0.39 is 10.0 Å². The molecule has 3 N–H and O–H groups in total. The van der Waals surface area contributed by atoms with Crippen LogP contribution in [0.25, 0.3) is 0 Å². The Morgan fingerprint density at radius 2 is 2.04 bits per heavy atom. The number of nitrogens with zero attached hydrogens (tertiary/aromatic N) is 1. The molecule has 0 bridgehead atoms. The van der Waals surface area contributed by atoms with Gasteiger partial charge in [0.25, 0.3) is 0 Å². The Hall–Kier alpha value is -1.80. The molecule has 1 aromatic carbocycles. The summed E-state index contributed by atoms with van der Waals surface area (Å²) in [5.41, 5.74) is 1.16. The minimum absolute atomic E-state index is 0.0164. The molecule has 0 aliphatic heterocycles. The van der Waals surface area contributed by atoms with E-state index in [1.165, 1.54) is 0 Å². The number of benzene rings is 1. The van der Waals surface area contributed by atoms with Crippen LogP contribution in [0.1, 0.15) is 18.9 Å². The van der Waals surface area contributed by atoms with Crippen LogP contribution in [0.5, 0.6) is 5.75 Å². The second-order valence-electron chi connectivity index (χ2n) is 5.64. The topological polar surface area (TPSA) is 91.8 Å². The van der Waals surface area contributed by atoms with Crippen molar-refractivity contribution in [3.63, 3.8) is 0 Å². The van der Waals surface area contributed by atoms with E-state index in [0.717, 1.165) is 17.6 Å². The van der Waals surface area contributed by atoms with Crippen LogP contribution in [-0.4, -0.2) is 53.4 Å². The Morgan fingerprint density at radius 3 is 2.67 bits per heavy atom. The molecule has 0 fully saturated rings. The summed E-state index contributed by atoms with van der Waals surface area (Å²) in [7, 11) is -1.43. The number of guanidine groups is 1. The van der Waals surface area contributed by atoms with Crippen molar-refractivity contribution in [1.29, 1.82) is 0 Å². The van der Waals surface area contributed by atoms with Gasteiger partial charge in [-0.15, -0.1) is 0 Å². The standard InChI is InChI=1S/C16H28N4O3S/c1-13-7-5-8-15(11-13)23-14(2)12-19-16(17-3)18-9-6-10-20-24(4,21)22/h5,7-8,11,14,20H,6,9-10,12H2,1-4H3,(H2,17,18,19). The minimum atomic E-state index is -3.12. The lowest BCUT2D eigenvalue weighted by atomic mass is 10.2. The lowest BCUT2D eigenvalue weighted by Gasteiger charge is -2.18. The molecule has 0 radical (unpaired) electrons. The van der Waals surface area contributed by atoms with E-state index in [9.17, 15) is 8.42 Å². The molecular formula is C16H28N4O3S. The number of rotatable bonds is 9. The Balaban J connectivity index is 2.25. The first-order chi connectivity index (χ1) is 11.3. The molecule has 1 aromatic rings. The highest BCUT2D eigenvalue weighted by Crippen LogP contribution is 2.13. The van der Waals surface area contributed by atoms with Gasteiger partial charge in [0.15, 0.2) is 5.96 Å². The van der Waals surface area contributed by atoms with Gasteiger partial charge in [-0.1, -0.05) is 12.1 Å². The van der Waals surface area contributed by atoms with Gasteiger partial charge >= 0.3 is 0 Å². The summed E-state index contributed by atoms with van der Waals surface area (Å²) >= 11 is 0. The number of aryl methyl sites for hydroxylation is 1. The van der Waals surface area contributed by atoms with E-state index in [4.69, 9.17) is 4.74 Å². The second kappa shape index (κ2) is 10.1. The lowest BCUT2D eigenvalue weighted by Crippen LogP contribution is -2.42. The van der Waals surface area contributed by atoms with E-state index in [-0.39, 0.29) is 6.10 Å². The van der Waals surface area contributed by atoms with Gasteiger partial charge in [0.05, 0.1) is 12.8 Å². The maximum absolute atomic E-state index is 11.0. The van der Waals surface area contributed by atoms with Gasteiger partial charge in [-0.05, 0) is 38.0 Å². The van der Waals surface area contributed by atoms with E-state index in [0.29, 0.717) is 32.0 Å². The van der Waals surface area contributed by atoms with Gasteiger partial charge in [0.2, 0.25) is 10.0 Å². The van der Waals surface area contributed by atoms with Gasteiger partial charge < -0.3 is 15.4 Å². The van der Waals surface area contributed by atoms with Crippen LogP contribution in [0.3, 0.4) is 0 Å². The largest absolute Gasteiger partial charge is 0.489 e. The number of aliphatic imine (C=N–C) groups is 1. The van der Waals surface area contributed by atoms with Gasteiger partial charge in [-0.2, -0.15) is 0 Å². The maximum atomic E-state index is 11.0. The molecule has 0 aliphatic rings. The van der Waals surface area contributed by atoms with Crippen molar-refractivity contribution in [3.05, 3.63) is 29.8 Å². The predicted octanol–water partition coefficient (Wildman–Crippen LogP) is 0.867. The van der Waals surface area contributed by atoms with Crippen molar-refractivity contribution >= 4 is 16.0 Å². The lowest BCUT2D eigenvalue weighted by molar-refractivity contribution is 0.223. The number of sulfonamides is 1. The SMILES string of the molecule is CN=C(NCCCNS(C)(=O)=O)NCC(C)Oc1cccc(C)c1. The molecule has 136 valence electrons. The third kappa shape index (κ3) is 9.36. The molecule has 0 amide bonds. The maximum Gasteiger partial charge on any atom is 0.208 e. The number of ether oxygens (including phenoxy) is 1. The van der Waals surface area contributed by atoms with E-state index in [1.807, 2.05) is 38.1 Å². The van der Waals surface area contributed by atoms with Crippen molar-refractivity contribution in [2.75, 3.05) is 32.9 Å². The smallest absolute Gasteiger partial charge is 0.208 e. The van der Waals surface area contributed by atoms with Crippen LogP contribution in [0.2, 0.25) is 0 Å². The van der Waals surface area contributed by atoms with Gasteiger partial charge in [0, 0.05) is 20.1 Å². The molecule has 0 aromatic heterocycles. The first kappa shape index (κ1) is 20.2. The highest BCUT2D eigenvalue weighted by atomic mass is 32.2. The van der Waals surface area contributed by atoms with Crippen molar-refractivity contribution in [1.82, 2.24) is 15.4 Å². The molecule has 24 heavy (non-hydrogen) atoms. The van der Waals surface area contributed by atoms with Gasteiger partial charge in [0.1, 0.15) is 11.9 Å². The minimum Gasteiger partial charge on any atom is -0.489 e. The summed E-state index contributed by atoms with van der Waals surface area (Å²) in [6.07, 6.45) is 1.80. The summed E-state index contributed by atoms with van der Waals surface area (Å²) < 4.78 is 30.2. The summed E-state index contributed by atoms with van der Waals surface area (Å²) in [5, 5.41) is 6.32. The molecule has 1 atom stereocenters. The van der Waals surface area contributed by atoms with E-state index in [1.54, 1.807) is 7.05 Å². The molecule has 0 heterocycles. The van der Waals surface area contributed by atoms with Crippen LogP contribution < -0.4 is 20.1 Å². The van der Waals surface area contributed by atoms with Crippen LogP contribution in [0, 0.1) is 6.92 Å². The average molecular weight is 356 g/mol. The summed E-state index contributed by atoms with van der Waals surface area (Å²) in [6, 6.07) is 7.93. The fourth-order valence-electron chi connectivity index (χ4n) is 1.98. The molecule has 0 saturated heterocycles. The van der Waals surface area contributed by atoms with Crippen LogP contribution in [-0.2, 0) is 10.0 Å². The van der Waals surface area contributed by atoms with Crippen molar-refractivity contribution in [3.8, 4) is 5.75 Å². The fourth-order valence-corrected chi connectivity index (χ4v) is 2.49. The Bertz CT molecular complexity index is 632. The first-order valence-corrected chi connectivity index (χ1v) is 9.82. The van der Waals surface area contributed by atoms with Crippen LogP contribution in [0.15, 0.2) is 29.3 Å². The molecular weight excluding hydrogens is 328 g/mol. The Labute approximate surface area is 145 Å². The highest BCUT2D eigenvalue weighted by molar-refractivity contribution is 7.88. The second-order valence-corrected chi connectivity index (χ2v) is 7.48. The summed E-state index contributed by atoms with van der Waals surface area (Å²) in [5.74, 6) is 1.51. The van der Waals surface area contributed by atoms with E-state index in [2.05, 4.69) is 20.3 Å². The number of hydrogen-bond donors (Lipinski definition) is 3. The van der Waals surface area contributed by atoms with Crippen molar-refractivity contribution in [2.45, 2.75) is 26.4 Å².